The molecule has 5 nitrogen and oxygen atoms in total. The van der Waals surface area contributed by atoms with Crippen molar-refractivity contribution >= 4 is 11.8 Å². The summed E-state index contributed by atoms with van der Waals surface area (Å²) in [4.78, 5) is 28.1. The van der Waals surface area contributed by atoms with Crippen molar-refractivity contribution in [2.45, 2.75) is 37.8 Å². The monoisotopic (exact) mass is 315 g/mol. The Kier molecular flexibility index (Phi) is 4.96. The molecule has 0 saturated carbocycles. The second kappa shape index (κ2) is 7.13. The van der Waals surface area contributed by atoms with Crippen LogP contribution in [0.1, 0.15) is 24.8 Å². The van der Waals surface area contributed by atoms with Crippen molar-refractivity contribution in [1.82, 2.24) is 15.1 Å². The van der Waals surface area contributed by atoms with Gasteiger partial charge in [-0.1, -0.05) is 30.3 Å². The molecule has 2 aliphatic heterocycles. The van der Waals surface area contributed by atoms with Gasteiger partial charge in [0, 0.05) is 38.6 Å². The number of likely N-dealkylation sites (N-methyl/N-ethyl adjacent to an activating group) is 1. The summed E-state index contributed by atoms with van der Waals surface area (Å²) in [7, 11) is 1.82. The minimum Gasteiger partial charge on any atom is -0.344 e. The van der Waals surface area contributed by atoms with Gasteiger partial charge in [0.2, 0.25) is 11.8 Å². The minimum atomic E-state index is 0.0204. The van der Waals surface area contributed by atoms with Gasteiger partial charge >= 0.3 is 0 Å². The first-order valence-corrected chi connectivity index (χ1v) is 8.43. The van der Waals surface area contributed by atoms with Crippen molar-refractivity contribution in [3.8, 4) is 0 Å². The van der Waals surface area contributed by atoms with E-state index in [1.54, 1.807) is 9.80 Å². The van der Waals surface area contributed by atoms with Crippen LogP contribution in [0.4, 0.5) is 0 Å². The van der Waals surface area contributed by atoms with E-state index >= 15 is 0 Å². The van der Waals surface area contributed by atoms with Crippen LogP contribution in [0.3, 0.4) is 0 Å². The molecule has 0 spiro atoms. The van der Waals surface area contributed by atoms with Gasteiger partial charge in [0.15, 0.2) is 0 Å². The molecule has 0 aliphatic carbocycles. The first-order valence-electron chi connectivity index (χ1n) is 8.43. The molecular formula is C18H25N3O2. The van der Waals surface area contributed by atoms with Crippen LogP contribution >= 0.6 is 0 Å². The molecule has 1 aromatic carbocycles. The zero-order valence-electron chi connectivity index (χ0n) is 13.7. The summed E-state index contributed by atoms with van der Waals surface area (Å²) in [6, 6.07) is 10.8. The normalized spacial score (nSPS) is 23.7. The Morgan fingerprint density at radius 3 is 2.78 bits per heavy atom. The molecule has 3 rings (SSSR count). The molecule has 5 heteroatoms. The fourth-order valence-corrected chi connectivity index (χ4v) is 3.42. The van der Waals surface area contributed by atoms with Gasteiger partial charge in [-0.3, -0.25) is 9.59 Å². The lowest BCUT2D eigenvalue weighted by Crippen LogP contribution is -2.44. The molecule has 0 radical (unpaired) electrons. The van der Waals surface area contributed by atoms with Gasteiger partial charge in [-0.25, -0.2) is 0 Å². The van der Waals surface area contributed by atoms with Crippen LogP contribution in [-0.2, 0) is 16.0 Å². The van der Waals surface area contributed by atoms with Crippen LogP contribution in [-0.4, -0.2) is 60.4 Å². The molecule has 2 saturated heterocycles. The highest BCUT2D eigenvalue weighted by Crippen LogP contribution is 2.21. The predicted molar refractivity (Wildman–Crippen MR) is 88.9 cm³/mol. The van der Waals surface area contributed by atoms with E-state index in [1.165, 1.54) is 5.56 Å². The van der Waals surface area contributed by atoms with Crippen LogP contribution in [0.15, 0.2) is 30.3 Å². The summed E-state index contributed by atoms with van der Waals surface area (Å²) < 4.78 is 0. The summed E-state index contributed by atoms with van der Waals surface area (Å²) in [5, 5.41) is 3.47. The summed E-state index contributed by atoms with van der Waals surface area (Å²) in [6.45, 7) is 1.54. The fraction of sp³-hybridized carbons (Fsp3) is 0.556. The third kappa shape index (κ3) is 4.10. The lowest BCUT2D eigenvalue weighted by Gasteiger charge is -2.26. The molecule has 2 fully saturated rings. The Morgan fingerprint density at radius 2 is 2.00 bits per heavy atom. The van der Waals surface area contributed by atoms with Crippen LogP contribution in [0.25, 0.3) is 0 Å². The van der Waals surface area contributed by atoms with Gasteiger partial charge in [0.1, 0.15) is 0 Å². The molecule has 1 N–H and O–H groups in total. The number of likely N-dealkylation sites (tertiary alicyclic amines) is 1. The molecule has 2 aliphatic rings. The second-order valence-corrected chi connectivity index (χ2v) is 6.67. The van der Waals surface area contributed by atoms with E-state index < -0.39 is 0 Å². The Hall–Kier alpha value is -1.88. The summed E-state index contributed by atoms with van der Waals surface area (Å²) in [6.07, 6.45) is 3.54. The number of fused-ring (bicyclic) bond motifs is 2. The minimum absolute atomic E-state index is 0.0204. The third-order valence-corrected chi connectivity index (χ3v) is 4.88. The Balaban J connectivity index is 1.50. The van der Waals surface area contributed by atoms with E-state index in [1.807, 2.05) is 25.2 Å². The van der Waals surface area contributed by atoms with Crippen LogP contribution < -0.4 is 5.32 Å². The van der Waals surface area contributed by atoms with Crippen molar-refractivity contribution in [3.05, 3.63) is 35.9 Å². The maximum absolute atomic E-state index is 12.4. The van der Waals surface area contributed by atoms with Crippen molar-refractivity contribution in [3.63, 3.8) is 0 Å². The van der Waals surface area contributed by atoms with E-state index in [-0.39, 0.29) is 18.4 Å². The molecule has 2 bridgehead atoms. The van der Waals surface area contributed by atoms with Gasteiger partial charge < -0.3 is 15.1 Å². The van der Waals surface area contributed by atoms with E-state index in [2.05, 4.69) is 17.4 Å². The van der Waals surface area contributed by atoms with E-state index in [9.17, 15) is 9.59 Å². The quantitative estimate of drug-likeness (QED) is 0.883. The Morgan fingerprint density at radius 1 is 1.26 bits per heavy atom. The molecule has 2 atom stereocenters. The van der Waals surface area contributed by atoms with Crippen molar-refractivity contribution in [2.24, 2.45) is 0 Å². The van der Waals surface area contributed by atoms with E-state index in [0.29, 0.717) is 31.6 Å². The number of nitrogens with zero attached hydrogens (tertiary/aromatic N) is 2. The first kappa shape index (κ1) is 16.0. The molecule has 124 valence electrons. The van der Waals surface area contributed by atoms with Crippen molar-refractivity contribution in [2.75, 3.05) is 26.7 Å². The molecule has 1 aromatic rings. The van der Waals surface area contributed by atoms with E-state index in [4.69, 9.17) is 0 Å². The maximum atomic E-state index is 12.4. The SMILES string of the molecule is CN(CCc1ccccc1)C(=O)CN1C[C@@H]2CC[C@H](CC1=O)N2. The van der Waals surface area contributed by atoms with Crippen LogP contribution in [0.5, 0.6) is 0 Å². The number of nitrogens with one attached hydrogen (secondary N) is 1. The standard InChI is InChI=1S/C18H25N3O2/c1-20(10-9-14-5-3-2-4-6-14)18(23)13-21-12-16-8-7-15(19-16)11-17(21)22/h2-6,15-16,19H,7-13H2,1H3/t15-,16+/m1/s1. The van der Waals surface area contributed by atoms with Crippen molar-refractivity contribution < 1.29 is 9.59 Å². The van der Waals surface area contributed by atoms with E-state index in [0.717, 1.165) is 19.3 Å². The highest BCUT2D eigenvalue weighted by atomic mass is 16.2. The number of benzene rings is 1. The highest BCUT2D eigenvalue weighted by Gasteiger charge is 2.34. The molecule has 23 heavy (non-hydrogen) atoms. The Labute approximate surface area is 137 Å². The zero-order chi connectivity index (χ0) is 16.2. The number of carbonyl (C=O) groups excluding carboxylic acids is 2. The third-order valence-electron chi connectivity index (χ3n) is 4.88. The molecule has 2 heterocycles. The average molecular weight is 315 g/mol. The number of hydrogen-bond acceptors (Lipinski definition) is 3. The van der Waals surface area contributed by atoms with Gasteiger partial charge in [-0.15, -0.1) is 0 Å². The van der Waals surface area contributed by atoms with Crippen LogP contribution in [0, 0.1) is 0 Å². The fourth-order valence-electron chi connectivity index (χ4n) is 3.42. The topological polar surface area (TPSA) is 52.7 Å². The van der Waals surface area contributed by atoms with Gasteiger partial charge in [0.25, 0.3) is 0 Å². The average Bonchev–Trinajstić information content (AvgIpc) is 2.93. The summed E-state index contributed by atoms with van der Waals surface area (Å²) >= 11 is 0. The largest absolute Gasteiger partial charge is 0.344 e. The summed E-state index contributed by atoms with van der Waals surface area (Å²) in [5.74, 6) is 0.126. The number of hydrogen-bond donors (Lipinski definition) is 1. The van der Waals surface area contributed by atoms with Gasteiger partial charge in [-0.05, 0) is 24.8 Å². The number of carbonyl (C=O) groups is 2. The van der Waals surface area contributed by atoms with Crippen molar-refractivity contribution in [1.29, 1.82) is 0 Å². The second-order valence-electron chi connectivity index (χ2n) is 6.67. The number of rotatable bonds is 5. The summed E-state index contributed by atoms with van der Waals surface area (Å²) in [5.41, 5.74) is 1.22. The van der Waals surface area contributed by atoms with Crippen LogP contribution in [0.2, 0.25) is 0 Å². The number of amides is 2. The van der Waals surface area contributed by atoms with Gasteiger partial charge in [-0.2, -0.15) is 0 Å². The predicted octanol–water partition coefficient (Wildman–Crippen LogP) is 1.04. The maximum Gasteiger partial charge on any atom is 0.241 e. The molecule has 0 aromatic heterocycles. The first-order chi connectivity index (χ1) is 11.1. The molecule has 0 unspecified atom stereocenters. The zero-order valence-corrected chi connectivity index (χ0v) is 13.7. The molecular weight excluding hydrogens is 290 g/mol. The lowest BCUT2D eigenvalue weighted by atomic mass is 10.1. The highest BCUT2D eigenvalue weighted by molar-refractivity contribution is 5.85. The van der Waals surface area contributed by atoms with Gasteiger partial charge in [0.05, 0.1) is 6.54 Å². The Bertz CT molecular complexity index is 561. The lowest BCUT2D eigenvalue weighted by molar-refractivity contribution is -0.139. The smallest absolute Gasteiger partial charge is 0.241 e. The molecule has 2 amide bonds.